The van der Waals surface area contributed by atoms with Gasteiger partial charge in [-0.2, -0.15) is 0 Å². The van der Waals surface area contributed by atoms with Gasteiger partial charge in [-0.05, 0) is 23.8 Å². The summed E-state index contributed by atoms with van der Waals surface area (Å²) in [5, 5.41) is 25.7. The van der Waals surface area contributed by atoms with Crippen molar-refractivity contribution in [1.82, 2.24) is 10.6 Å². The van der Waals surface area contributed by atoms with Crippen LogP contribution < -0.4 is 10.6 Å². The van der Waals surface area contributed by atoms with Crippen LogP contribution in [0, 0.1) is 11.8 Å². The number of aliphatic carboxylic acids is 1. The SMILES string of the molecule is O=C1NC(=O)C2C1C(c1cc(Br)ccc1O)NC2(C(=O)O)c1ccccc1. The van der Waals surface area contributed by atoms with Crippen molar-refractivity contribution in [2.45, 2.75) is 11.6 Å². The van der Waals surface area contributed by atoms with Crippen LogP contribution in [0.2, 0.25) is 0 Å². The molecular weight excluding hydrogens is 416 g/mol. The summed E-state index contributed by atoms with van der Waals surface area (Å²) in [7, 11) is 0. The number of phenolic OH excluding ortho intramolecular Hbond substituents is 1. The quantitative estimate of drug-likeness (QED) is 0.550. The number of benzene rings is 2. The minimum Gasteiger partial charge on any atom is -0.508 e. The van der Waals surface area contributed by atoms with Crippen molar-refractivity contribution >= 4 is 33.7 Å². The number of imide groups is 1. The average Bonchev–Trinajstić information content (AvgIpc) is 3.15. The van der Waals surface area contributed by atoms with E-state index in [0.717, 1.165) is 0 Å². The van der Waals surface area contributed by atoms with Gasteiger partial charge in [-0.3, -0.25) is 20.2 Å². The molecule has 2 heterocycles. The van der Waals surface area contributed by atoms with Crippen LogP contribution in [0.25, 0.3) is 0 Å². The fourth-order valence-electron chi connectivity index (χ4n) is 4.16. The Bertz CT molecular complexity index is 964. The van der Waals surface area contributed by atoms with Crippen LogP contribution >= 0.6 is 15.9 Å². The molecule has 2 aromatic carbocycles. The molecule has 4 atom stereocenters. The Morgan fingerprint density at radius 1 is 1.07 bits per heavy atom. The number of aromatic hydroxyl groups is 1. The Labute approximate surface area is 162 Å². The second-order valence-corrected chi connectivity index (χ2v) is 7.58. The molecule has 4 rings (SSSR count). The van der Waals surface area contributed by atoms with E-state index in [4.69, 9.17) is 0 Å². The lowest BCUT2D eigenvalue weighted by Gasteiger charge is -2.30. The topological polar surface area (TPSA) is 116 Å². The summed E-state index contributed by atoms with van der Waals surface area (Å²) >= 11 is 3.32. The lowest BCUT2D eigenvalue weighted by molar-refractivity contribution is -0.149. The van der Waals surface area contributed by atoms with Crippen molar-refractivity contribution < 1.29 is 24.6 Å². The van der Waals surface area contributed by atoms with E-state index in [9.17, 15) is 24.6 Å². The maximum Gasteiger partial charge on any atom is 0.329 e. The fourth-order valence-corrected chi connectivity index (χ4v) is 4.54. The normalized spacial score (nSPS) is 29.4. The minimum atomic E-state index is -1.79. The molecule has 4 unspecified atom stereocenters. The van der Waals surface area contributed by atoms with Gasteiger partial charge in [0.15, 0.2) is 5.54 Å². The summed E-state index contributed by atoms with van der Waals surface area (Å²) < 4.78 is 0.658. The number of phenols is 1. The molecule has 2 amide bonds. The lowest BCUT2D eigenvalue weighted by Crippen LogP contribution is -2.52. The zero-order valence-corrected chi connectivity index (χ0v) is 15.4. The fraction of sp³-hybridized carbons (Fsp3) is 0.211. The molecule has 0 aliphatic carbocycles. The Hall–Kier alpha value is -2.71. The highest BCUT2D eigenvalue weighted by Crippen LogP contribution is 2.52. The van der Waals surface area contributed by atoms with E-state index in [-0.39, 0.29) is 5.75 Å². The number of hydrogen-bond donors (Lipinski definition) is 4. The standard InChI is InChI=1S/C19H15BrN2O5/c20-10-6-7-12(23)11(8-10)15-13-14(17(25)21-16(13)24)19(22-15,18(26)27)9-4-2-1-3-5-9/h1-8,13-15,22-23H,(H,26,27)(H,21,24,25). The minimum absolute atomic E-state index is 0.0872. The van der Waals surface area contributed by atoms with Crippen molar-refractivity contribution in [1.29, 1.82) is 0 Å². The van der Waals surface area contributed by atoms with Gasteiger partial charge in [0.25, 0.3) is 0 Å². The van der Waals surface area contributed by atoms with Gasteiger partial charge >= 0.3 is 5.97 Å². The van der Waals surface area contributed by atoms with Gasteiger partial charge in [0.2, 0.25) is 11.8 Å². The molecule has 0 radical (unpaired) electrons. The van der Waals surface area contributed by atoms with Crippen LogP contribution in [0.4, 0.5) is 0 Å². The first-order valence-electron chi connectivity index (χ1n) is 8.26. The van der Waals surface area contributed by atoms with Crippen LogP contribution in [-0.4, -0.2) is 28.0 Å². The first-order chi connectivity index (χ1) is 12.9. The molecule has 2 aromatic rings. The molecule has 7 nitrogen and oxygen atoms in total. The van der Waals surface area contributed by atoms with E-state index in [1.165, 1.54) is 6.07 Å². The number of fused-ring (bicyclic) bond motifs is 1. The smallest absolute Gasteiger partial charge is 0.329 e. The Morgan fingerprint density at radius 2 is 1.78 bits per heavy atom. The van der Waals surface area contributed by atoms with Gasteiger partial charge in [0.05, 0.1) is 11.8 Å². The Morgan fingerprint density at radius 3 is 2.44 bits per heavy atom. The van der Waals surface area contributed by atoms with E-state index >= 15 is 0 Å². The van der Waals surface area contributed by atoms with Gasteiger partial charge in [-0.25, -0.2) is 4.79 Å². The number of carbonyl (C=O) groups is 3. The van der Waals surface area contributed by atoms with Crippen molar-refractivity contribution in [2.24, 2.45) is 11.8 Å². The molecule has 2 aliphatic rings. The number of halogens is 1. The molecule has 8 heteroatoms. The molecule has 0 spiro atoms. The summed E-state index contributed by atoms with van der Waals surface area (Å²) in [5.74, 6) is -4.65. The zero-order chi connectivity index (χ0) is 19.3. The molecular formula is C19H15BrN2O5. The largest absolute Gasteiger partial charge is 0.508 e. The van der Waals surface area contributed by atoms with Crippen molar-refractivity contribution in [3.63, 3.8) is 0 Å². The van der Waals surface area contributed by atoms with Crippen LogP contribution in [0.3, 0.4) is 0 Å². The highest BCUT2D eigenvalue weighted by atomic mass is 79.9. The highest BCUT2D eigenvalue weighted by molar-refractivity contribution is 9.10. The Kier molecular flexibility index (Phi) is 4.05. The molecule has 0 aromatic heterocycles. The summed E-state index contributed by atoms with van der Waals surface area (Å²) in [6.45, 7) is 0. The van der Waals surface area contributed by atoms with E-state index in [1.54, 1.807) is 42.5 Å². The van der Waals surface area contributed by atoms with Crippen molar-refractivity contribution in [2.75, 3.05) is 0 Å². The van der Waals surface area contributed by atoms with Crippen molar-refractivity contribution in [3.8, 4) is 5.75 Å². The number of hydrogen-bond acceptors (Lipinski definition) is 5. The zero-order valence-electron chi connectivity index (χ0n) is 13.8. The van der Waals surface area contributed by atoms with Crippen LogP contribution in [0.1, 0.15) is 17.2 Å². The van der Waals surface area contributed by atoms with Gasteiger partial charge in [-0.15, -0.1) is 0 Å². The van der Waals surface area contributed by atoms with Gasteiger partial charge in [0, 0.05) is 16.1 Å². The number of carbonyl (C=O) groups excluding carboxylic acids is 2. The monoisotopic (exact) mass is 430 g/mol. The molecule has 0 bridgehead atoms. The second-order valence-electron chi connectivity index (χ2n) is 6.66. The molecule has 138 valence electrons. The Balaban J connectivity index is 1.94. The van der Waals surface area contributed by atoms with Crippen LogP contribution in [0.5, 0.6) is 5.75 Å². The van der Waals surface area contributed by atoms with Crippen molar-refractivity contribution in [3.05, 3.63) is 64.1 Å². The van der Waals surface area contributed by atoms with E-state index in [2.05, 4.69) is 26.6 Å². The number of amides is 2. The number of nitrogens with one attached hydrogen (secondary N) is 2. The third-order valence-corrected chi connectivity index (χ3v) is 5.78. The molecule has 4 N–H and O–H groups in total. The number of carboxylic acid groups (broad SMARTS) is 1. The lowest BCUT2D eigenvalue weighted by atomic mass is 9.75. The predicted molar refractivity (Wildman–Crippen MR) is 97.6 cm³/mol. The summed E-state index contributed by atoms with van der Waals surface area (Å²) in [5.41, 5.74) is -1.07. The first kappa shape index (κ1) is 17.7. The van der Waals surface area contributed by atoms with Gasteiger partial charge < -0.3 is 10.2 Å². The molecule has 2 saturated heterocycles. The second kappa shape index (κ2) is 6.17. The van der Waals surface area contributed by atoms with Gasteiger partial charge in [-0.1, -0.05) is 46.3 Å². The summed E-state index contributed by atoms with van der Waals surface area (Å²) in [6, 6.07) is 12.2. The molecule has 2 aliphatic heterocycles. The number of rotatable bonds is 3. The highest BCUT2D eigenvalue weighted by Gasteiger charge is 2.67. The average molecular weight is 431 g/mol. The molecule has 0 saturated carbocycles. The molecule has 27 heavy (non-hydrogen) atoms. The van der Waals surface area contributed by atoms with E-state index in [0.29, 0.717) is 15.6 Å². The maximum atomic E-state index is 12.6. The van der Waals surface area contributed by atoms with Crippen LogP contribution in [-0.2, 0) is 19.9 Å². The third-order valence-electron chi connectivity index (χ3n) is 5.29. The molecule has 2 fully saturated rings. The predicted octanol–water partition coefficient (Wildman–Crippen LogP) is 1.67. The first-order valence-corrected chi connectivity index (χ1v) is 9.05. The van der Waals surface area contributed by atoms with Crippen LogP contribution in [0.15, 0.2) is 53.0 Å². The van der Waals surface area contributed by atoms with E-state index < -0.39 is 41.2 Å². The van der Waals surface area contributed by atoms with E-state index in [1.807, 2.05) is 0 Å². The van der Waals surface area contributed by atoms with Gasteiger partial charge in [0.1, 0.15) is 5.75 Å². The third kappa shape index (κ3) is 2.48. The maximum absolute atomic E-state index is 12.6. The summed E-state index contributed by atoms with van der Waals surface area (Å²) in [6.07, 6.45) is 0. The summed E-state index contributed by atoms with van der Waals surface area (Å²) in [4.78, 5) is 37.5. The number of carboxylic acids is 1.